The number of rotatable bonds is 5. The highest BCUT2D eigenvalue weighted by Gasteiger charge is 2.11. The van der Waals surface area contributed by atoms with Gasteiger partial charge in [0.2, 0.25) is 0 Å². The number of aromatic nitrogens is 2. The second kappa shape index (κ2) is 6.13. The number of benzene rings is 1. The Balaban J connectivity index is 2.41. The molecule has 0 radical (unpaired) electrons. The molecule has 0 aliphatic rings. The van der Waals surface area contributed by atoms with E-state index in [1.165, 1.54) is 12.1 Å². The summed E-state index contributed by atoms with van der Waals surface area (Å²) < 4.78 is 15.4. The summed E-state index contributed by atoms with van der Waals surface area (Å²) in [4.78, 5) is 0.279. The maximum Gasteiger partial charge on any atom is 0.123 e. The van der Waals surface area contributed by atoms with Crippen molar-refractivity contribution < 1.29 is 4.39 Å². The Bertz CT molecular complexity index is 634. The molecular weight excluding hydrogens is 273 g/mol. The Morgan fingerprint density at radius 1 is 1.30 bits per heavy atom. The van der Waals surface area contributed by atoms with E-state index in [1.807, 2.05) is 4.68 Å². The molecule has 1 aromatic carbocycles. The smallest absolute Gasteiger partial charge is 0.123 e. The molecule has 0 saturated carbocycles. The summed E-state index contributed by atoms with van der Waals surface area (Å²) in [6.07, 6.45) is 1.76. The molecule has 1 aromatic heterocycles. The fraction of sp³-hybridized carbons (Fsp3) is 0.333. The van der Waals surface area contributed by atoms with Gasteiger partial charge in [-0.3, -0.25) is 4.68 Å². The Labute approximate surface area is 123 Å². The molecule has 0 atom stereocenters. The van der Waals surface area contributed by atoms with Gasteiger partial charge in [0.1, 0.15) is 10.8 Å². The van der Waals surface area contributed by atoms with Crippen LogP contribution in [-0.2, 0) is 19.4 Å². The minimum Gasteiger partial charge on any atom is -0.389 e. The van der Waals surface area contributed by atoms with Crippen LogP contribution in [0.25, 0.3) is 0 Å². The van der Waals surface area contributed by atoms with Crippen LogP contribution in [0.5, 0.6) is 0 Å². The van der Waals surface area contributed by atoms with Gasteiger partial charge in [0, 0.05) is 11.3 Å². The molecule has 0 saturated heterocycles. The van der Waals surface area contributed by atoms with Crippen molar-refractivity contribution in [1.29, 1.82) is 0 Å². The maximum absolute atomic E-state index is 13.5. The topological polar surface area (TPSA) is 43.8 Å². The molecule has 0 aliphatic heterocycles. The molecule has 2 aromatic rings. The first-order valence-corrected chi connectivity index (χ1v) is 7.09. The minimum absolute atomic E-state index is 0.279. The van der Waals surface area contributed by atoms with Crippen molar-refractivity contribution in [2.45, 2.75) is 33.2 Å². The van der Waals surface area contributed by atoms with Gasteiger partial charge in [0.25, 0.3) is 0 Å². The number of hydrogen-bond donors (Lipinski definition) is 1. The lowest BCUT2D eigenvalue weighted by Crippen LogP contribution is -2.15. The molecule has 0 spiro atoms. The van der Waals surface area contributed by atoms with E-state index in [0.29, 0.717) is 12.1 Å². The molecule has 0 unspecified atom stereocenters. The molecule has 2 N–H and O–H groups in total. The lowest BCUT2D eigenvalue weighted by molar-refractivity contribution is 0.611. The zero-order valence-electron chi connectivity index (χ0n) is 11.7. The molecule has 0 fully saturated rings. The minimum atomic E-state index is -0.291. The van der Waals surface area contributed by atoms with Gasteiger partial charge < -0.3 is 5.73 Å². The Hall–Kier alpha value is -1.75. The van der Waals surface area contributed by atoms with E-state index in [9.17, 15) is 4.39 Å². The first-order chi connectivity index (χ1) is 9.55. The van der Waals surface area contributed by atoms with Crippen LogP contribution in [0.3, 0.4) is 0 Å². The molecule has 5 heteroatoms. The van der Waals surface area contributed by atoms with Crippen LogP contribution < -0.4 is 5.73 Å². The maximum atomic E-state index is 13.5. The van der Waals surface area contributed by atoms with E-state index in [2.05, 4.69) is 25.0 Å². The van der Waals surface area contributed by atoms with Crippen molar-refractivity contribution in [3.8, 4) is 0 Å². The third-order valence-electron chi connectivity index (χ3n) is 3.29. The second-order valence-corrected chi connectivity index (χ2v) is 5.10. The van der Waals surface area contributed by atoms with Gasteiger partial charge in [-0.2, -0.15) is 5.10 Å². The van der Waals surface area contributed by atoms with Crippen molar-refractivity contribution in [3.63, 3.8) is 0 Å². The standard InChI is InChI=1S/C15H18FN3S/c1-3-12-8-13(4-2)19(18-12)9-10-7-11(16)5-6-14(10)15(17)20/h5-8H,3-4,9H2,1-2H3,(H2,17,20). The number of nitrogens with zero attached hydrogens (tertiary/aromatic N) is 2. The molecule has 3 nitrogen and oxygen atoms in total. The van der Waals surface area contributed by atoms with Gasteiger partial charge in [-0.1, -0.05) is 26.1 Å². The van der Waals surface area contributed by atoms with Crippen LogP contribution in [0, 0.1) is 5.82 Å². The van der Waals surface area contributed by atoms with Crippen LogP contribution in [0.2, 0.25) is 0 Å². The highest BCUT2D eigenvalue weighted by atomic mass is 32.1. The summed E-state index contributed by atoms with van der Waals surface area (Å²) in [5, 5.41) is 4.54. The summed E-state index contributed by atoms with van der Waals surface area (Å²) in [5.74, 6) is -0.291. The normalized spacial score (nSPS) is 10.8. The first-order valence-electron chi connectivity index (χ1n) is 6.69. The number of halogens is 1. The summed E-state index contributed by atoms with van der Waals surface area (Å²) in [7, 11) is 0. The Morgan fingerprint density at radius 2 is 2.05 bits per heavy atom. The molecule has 0 amide bonds. The zero-order valence-corrected chi connectivity index (χ0v) is 12.5. The summed E-state index contributed by atoms with van der Waals surface area (Å²) in [6, 6.07) is 6.56. The van der Waals surface area contributed by atoms with Crippen LogP contribution in [0.4, 0.5) is 4.39 Å². The lowest BCUT2D eigenvalue weighted by Gasteiger charge is -2.11. The lowest BCUT2D eigenvalue weighted by atomic mass is 10.1. The van der Waals surface area contributed by atoms with E-state index in [0.717, 1.165) is 29.8 Å². The summed E-state index contributed by atoms with van der Waals surface area (Å²) in [5.41, 5.74) is 9.33. The average molecular weight is 291 g/mol. The van der Waals surface area contributed by atoms with E-state index in [1.54, 1.807) is 6.07 Å². The fourth-order valence-corrected chi connectivity index (χ4v) is 2.40. The molecule has 20 heavy (non-hydrogen) atoms. The molecule has 2 rings (SSSR count). The zero-order chi connectivity index (χ0) is 14.7. The highest BCUT2D eigenvalue weighted by Crippen LogP contribution is 2.15. The molecule has 0 aliphatic carbocycles. The van der Waals surface area contributed by atoms with Gasteiger partial charge in [-0.05, 0) is 42.7 Å². The van der Waals surface area contributed by atoms with Crippen LogP contribution in [0.15, 0.2) is 24.3 Å². The summed E-state index contributed by atoms with van der Waals surface area (Å²) in [6.45, 7) is 4.62. The van der Waals surface area contributed by atoms with Gasteiger partial charge in [-0.25, -0.2) is 4.39 Å². The van der Waals surface area contributed by atoms with Crippen molar-refractivity contribution in [2.75, 3.05) is 0 Å². The van der Waals surface area contributed by atoms with Gasteiger partial charge in [0.05, 0.1) is 12.2 Å². The largest absolute Gasteiger partial charge is 0.389 e. The number of thiocarbonyl (C=S) groups is 1. The van der Waals surface area contributed by atoms with Crippen molar-refractivity contribution in [3.05, 3.63) is 52.6 Å². The third-order valence-corrected chi connectivity index (χ3v) is 3.51. The molecule has 0 bridgehead atoms. The average Bonchev–Trinajstić information content (AvgIpc) is 2.80. The second-order valence-electron chi connectivity index (χ2n) is 4.66. The van der Waals surface area contributed by atoms with Crippen LogP contribution in [0.1, 0.15) is 36.4 Å². The van der Waals surface area contributed by atoms with E-state index in [-0.39, 0.29) is 10.8 Å². The predicted molar refractivity (Wildman–Crippen MR) is 82.4 cm³/mol. The number of aryl methyl sites for hydroxylation is 2. The monoisotopic (exact) mass is 291 g/mol. The van der Waals surface area contributed by atoms with Crippen LogP contribution in [-0.4, -0.2) is 14.8 Å². The highest BCUT2D eigenvalue weighted by molar-refractivity contribution is 7.80. The molecular formula is C15H18FN3S. The Kier molecular flexibility index (Phi) is 4.49. The molecule has 106 valence electrons. The number of nitrogens with two attached hydrogens (primary N) is 1. The fourth-order valence-electron chi connectivity index (χ4n) is 2.20. The predicted octanol–water partition coefficient (Wildman–Crippen LogP) is 2.83. The van der Waals surface area contributed by atoms with Gasteiger partial charge in [-0.15, -0.1) is 0 Å². The van der Waals surface area contributed by atoms with Crippen molar-refractivity contribution in [1.82, 2.24) is 9.78 Å². The van der Waals surface area contributed by atoms with Crippen molar-refractivity contribution in [2.24, 2.45) is 5.73 Å². The van der Waals surface area contributed by atoms with E-state index >= 15 is 0 Å². The third kappa shape index (κ3) is 3.04. The molecule has 1 heterocycles. The summed E-state index contributed by atoms with van der Waals surface area (Å²) >= 11 is 5.02. The SMILES string of the molecule is CCc1cc(CC)n(Cc2cc(F)ccc2C(N)=S)n1. The first kappa shape index (κ1) is 14.7. The quantitative estimate of drug-likeness (QED) is 0.862. The van der Waals surface area contributed by atoms with Gasteiger partial charge in [0.15, 0.2) is 0 Å². The number of hydrogen-bond acceptors (Lipinski definition) is 2. The van der Waals surface area contributed by atoms with E-state index in [4.69, 9.17) is 18.0 Å². The van der Waals surface area contributed by atoms with Crippen LogP contribution >= 0.6 is 12.2 Å². The van der Waals surface area contributed by atoms with E-state index < -0.39 is 0 Å². The van der Waals surface area contributed by atoms with Crippen molar-refractivity contribution >= 4 is 17.2 Å². The van der Waals surface area contributed by atoms with Gasteiger partial charge >= 0.3 is 0 Å². The Morgan fingerprint density at radius 3 is 2.65 bits per heavy atom.